The van der Waals surface area contributed by atoms with Gasteiger partial charge in [0.15, 0.2) is 0 Å². The molecular formula is C13H22N2O3S2. The molecular weight excluding hydrogens is 296 g/mol. The van der Waals surface area contributed by atoms with Crippen LogP contribution in [-0.4, -0.2) is 55.0 Å². The highest BCUT2D eigenvalue weighted by Gasteiger charge is 2.20. The number of morpholine rings is 1. The third-order valence-corrected chi connectivity index (χ3v) is 4.38. The maximum absolute atomic E-state index is 11.9. The molecule has 0 aromatic heterocycles. The van der Waals surface area contributed by atoms with Crippen molar-refractivity contribution < 1.29 is 14.3 Å². The number of ether oxygens (including phenoxy) is 2. The van der Waals surface area contributed by atoms with E-state index in [4.69, 9.17) is 9.47 Å². The Morgan fingerprint density at radius 1 is 1.30 bits per heavy atom. The zero-order chi connectivity index (χ0) is 14.2. The van der Waals surface area contributed by atoms with E-state index in [-0.39, 0.29) is 6.10 Å². The minimum Gasteiger partial charge on any atom is -0.445 e. The van der Waals surface area contributed by atoms with Crippen molar-refractivity contribution in [2.24, 2.45) is 4.99 Å². The first-order valence-corrected chi connectivity index (χ1v) is 9.20. The van der Waals surface area contributed by atoms with Crippen LogP contribution in [0.1, 0.15) is 32.1 Å². The topological polar surface area (TPSA) is 51.1 Å². The van der Waals surface area contributed by atoms with Crippen molar-refractivity contribution >= 4 is 34.4 Å². The van der Waals surface area contributed by atoms with E-state index >= 15 is 0 Å². The Balaban J connectivity index is 1.90. The molecule has 0 radical (unpaired) electrons. The van der Waals surface area contributed by atoms with Crippen molar-refractivity contribution in [1.82, 2.24) is 4.90 Å². The van der Waals surface area contributed by atoms with Crippen molar-refractivity contribution in [1.29, 1.82) is 0 Å². The van der Waals surface area contributed by atoms with Gasteiger partial charge in [-0.25, -0.2) is 4.79 Å². The van der Waals surface area contributed by atoms with E-state index in [0.29, 0.717) is 19.0 Å². The van der Waals surface area contributed by atoms with Gasteiger partial charge < -0.3 is 14.4 Å². The Morgan fingerprint density at radius 3 is 2.65 bits per heavy atom. The molecule has 1 saturated heterocycles. The summed E-state index contributed by atoms with van der Waals surface area (Å²) in [6, 6.07) is 0. The van der Waals surface area contributed by atoms with E-state index < -0.39 is 6.09 Å². The van der Waals surface area contributed by atoms with Gasteiger partial charge in [-0.3, -0.25) is 0 Å². The van der Waals surface area contributed by atoms with Crippen LogP contribution >= 0.6 is 22.5 Å². The molecule has 7 heteroatoms. The fraction of sp³-hybridized carbons (Fsp3) is 0.846. The predicted molar refractivity (Wildman–Crippen MR) is 84.6 cm³/mol. The summed E-state index contributed by atoms with van der Waals surface area (Å²) >= 11 is 4.16. The van der Waals surface area contributed by atoms with E-state index in [1.54, 1.807) is 0 Å². The Hall–Kier alpha value is -0.400. The van der Waals surface area contributed by atoms with Gasteiger partial charge in [0.2, 0.25) is 0 Å². The number of carbonyl (C=O) groups is 1. The summed E-state index contributed by atoms with van der Waals surface area (Å²) in [7, 11) is 1.36. The molecule has 1 aliphatic carbocycles. The fourth-order valence-electron chi connectivity index (χ4n) is 2.53. The lowest BCUT2D eigenvalue weighted by Gasteiger charge is -2.29. The number of nitrogens with zero attached hydrogens (tertiary/aromatic N) is 2. The van der Waals surface area contributed by atoms with Crippen molar-refractivity contribution in [3.8, 4) is 0 Å². The molecule has 1 aliphatic heterocycles. The maximum Gasteiger partial charge on any atom is 0.435 e. The molecule has 1 heterocycles. The van der Waals surface area contributed by atoms with Crippen molar-refractivity contribution in [2.75, 3.05) is 32.1 Å². The third kappa shape index (κ3) is 5.18. The number of carbonyl (C=O) groups excluding carboxylic acids is 1. The highest BCUT2D eigenvalue weighted by Crippen LogP contribution is 2.21. The summed E-state index contributed by atoms with van der Waals surface area (Å²) in [5.41, 5.74) is 0. The second kappa shape index (κ2) is 8.79. The third-order valence-electron chi connectivity index (χ3n) is 3.61. The first kappa shape index (κ1) is 16.0. The number of amidine groups is 1. The zero-order valence-electron chi connectivity index (χ0n) is 11.6. The van der Waals surface area contributed by atoms with Crippen LogP contribution < -0.4 is 0 Å². The standard InChI is InChI=1S/C13H22N2O3S2/c16-13(18-11-4-2-1-3-5-11)14-12(10-20-19)15-6-8-17-9-7-15/h11,19H,1-10H2. The van der Waals surface area contributed by atoms with Crippen LogP contribution in [0.25, 0.3) is 0 Å². The zero-order valence-corrected chi connectivity index (χ0v) is 13.3. The molecule has 0 bridgehead atoms. The van der Waals surface area contributed by atoms with Crippen LogP contribution in [0.3, 0.4) is 0 Å². The molecule has 1 amide bonds. The molecule has 0 aromatic carbocycles. The van der Waals surface area contributed by atoms with Crippen LogP contribution in [0.4, 0.5) is 4.79 Å². The van der Waals surface area contributed by atoms with Crippen LogP contribution in [-0.2, 0) is 9.47 Å². The van der Waals surface area contributed by atoms with Crippen LogP contribution in [0.5, 0.6) is 0 Å². The largest absolute Gasteiger partial charge is 0.445 e. The first-order valence-electron chi connectivity index (χ1n) is 7.17. The summed E-state index contributed by atoms with van der Waals surface area (Å²) in [5, 5.41) is 0. The van der Waals surface area contributed by atoms with Crippen LogP contribution in [0.15, 0.2) is 4.99 Å². The smallest absolute Gasteiger partial charge is 0.435 e. The monoisotopic (exact) mass is 318 g/mol. The van der Waals surface area contributed by atoms with Gasteiger partial charge in [0.05, 0.1) is 19.0 Å². The number of rotatable bonds is 3. The molecule has 2 fully saturated rings. The van der Waals surface area contributed by atoms with E-state index in [9.17, 15) is 4.79 Å². The van der Waals surface area contributed by atoms with Crippen molar-refractivity contribution in [3.63, 3.8) is 0 Å². The molecule has 0 atom stereocenters. The minimum atomic E-state index is -0.458. The molecule has 114 valence electrons. The van der Waals surface area contributed by atoms with Crippen LogP contribution in [0, 0.1) is 0 Å². The van der Waals surface area contributed by atoms with Crippen LogP contribution in [0.2, 0.25) is 0 Å². The summed E-state index contributed by atoms with van der Waals surface area (Å²) in [6.07, 6.45) is 5.06. The predicted octanol–water partition coefficient (Wildman–Crippen LogP) is 2.76. The quantitative estimate of drug-likeness (QED) is 0.375. The van der Waals surface area contributed by atoms with Gasteiger partial charge in [-0.05, 0) is 25.7 Å². The van der Waals surface area contributed by atoms with Crippen molar-refractivity contribution in [3.05, 3.63) is 0 Å². The molecule has 1 saturated carbocycles. The average molecular weight is 318 g/mol. The number of hydrogen-bond donors (Lipinski definition) is 1. The summed E-state index contributed by atoms with van der Waals surface area (Å²) in [4.78, 5) is 18.2. The van der Waals surface area contributed by atoms with Gasteiger partial charge in [0.1, 0.15) is 11.9 Å². The summed E-state index contributed by atoms with van der Waals surface area (Å²) < 4.78 is 10.8. The molecule has 0 unspecified atom stereocenters. The number of aliphatic imine (C=N–C) groups is 1. The molecule has 0 spiro atoms. The van der Waals surface area contributed by atoms with Gasteiger partial charge in [0.25, 0.3) is 0 Å². The molecule has 20 heavy (non-hydrogen) atoms. The highest BCUT2D eigenvalue weighted by atomic mass is 33.1. The van der Waals surface area contributed by atoms with Crippen molar-refractivity contribution in [2.45, 2.75) is 38.2 Å². The number of amides is 1. The normalized spacial score (nSPS) is 21.9. The Bertz CT molecular complexity index is 341. The van der Waals surface area contributed by atoms with E-state index in [2.05, 4.69) is 21.6 Å². The average Bonchev–Trinajstić information content (AvgIpc) is 2.49. The van der Waals surface area contributed by atoms with Gasteiger partial charge in [-0.15, -0.1) is 11.7 Å². The molecule has 0 aromatic rings. The van der Waals surface area contributed by atoms with Gasteiger partial charge >= 0.3 is 6.09 Å². The number of thiol groups is 1. The Kier molecular flexibility index (Phi) is 7.02. The maximum atomic E-state index is 11.9. The summed E-state index contributed by atoms with van der Waals surface area (Å²) in [6.45, 7) is 2.88. The first-order chi connectivity index (χ1) is 9.79. The molecule has 2 rings (SSSR count). The lowest BCUT2D eigenvalue weighted by molar-refractivity contribution is 0.0664. The Morgan fingerprint density at radius 2 is 2.00 bits per heavy atom. The second-order valence-corrected chi connectivity index (χ2v) is 6.37. The highest BCUT2D eigenvalue weighted by molar-refractivity contribution is 8.68. The molecule has 5 nitrogen and oxygen atoms in total. The fourth-order valence-corrected chi connectivity index (χ4v) is 3.24. The summed E-state index contributed by atoms with van der Waals surface area (Å²) in [5.74, 6) is 1.34. The second-order valence-electron chi connectivity index (χ2n) is 5.04. The lowest BCUT2D eigenvalue weighted by Crippen LogP contribution is -2.42. The molecule has 2 aliphatic rings. The van der Waals surface area contributed by atoms with Gasteiger partial charge in [-0.1, -0.05) is 17.2 Å². The van der Waals surface area contributed by atoms with Gasteiger partial charge in [-0.2, -0.15) is 4.99 Å². The van der Waals surface area contributed by atoms with E-state index in [1.807, 2.05) is 0 Å². The SMILES string of the molecule is O=C(N=C(CSS)N1CCOCC1)OC1CCCCC1. The number of hydrogen-bond acceptors (Lipinski definition) is 5. The van der Waals surface area contributed by atoms with Gasteiger partial charge in [0, 0.05) is 13.1 Å². The lowest BCUT2D eigenvalue weighted by atomic mass is 9.98. The Labute approximate surface area is 129 Å². The van der Waals surface area contributed by atoms with E-state index in [0.717, 1.165) is 44.6 Å². The van der Waals surface area contributed by atoms with E-state index in [1.165, 1.54) is 17.2 Å². The minimum absolute atomic E-state index is 0.0505. The molecule has 0 N–H and O–H groups in total.